The van der Waals surface area contributed by atoms with E-state index in [0.29, 0.717) is 5.92 Å². The van der Waals surface area contributed by atoms with Gasteiger partial charge in [0.05, 0.1) is 0 Å². The number of pyridine rings is 1. The summed E-state index contributed by atoms with van der Waals surface area (Å²) in [5, 5.41) is 0. The third kappa shape index (κ3) is 4.08. The maximum absolute atomic E-state index is 12.4. The predicted octanol–water partition coefficient (Wildman–Crippen LogP) is 3.60. The van der Waals surface area contributed by atoms with Gasteiger partial charge in [-0.2, -0.15) is 0 Å². The molecule has 1 aromatic carbocycles. The monoisotopic (exact) mass is 316 g/mol. The van der Waals surface area contributed by atoms with Crippen LogP contribution >= 0.6 is 12.4 Å². The molecule has 1 saturated heterocycles. The van der Waals surface area contributed by atoms with Crippen LogP contribution in [0.2, 0.25) is 0 Å². The predicted molar refractivity (Wildman–Crippen MR) is 90.3 cm³/mol. The number of likely N-dealkylation sites (tertiary alicyclic amines) is 1. The van der Waals surface area contributed by atoms with Crippen molar-refractivity contribution in [1.82, 2.24) is 9.88 Å². The third-order valence-corrected chi connectivity index (χ3v) is 4.20. The summed E-state index contributed by atoms with van der Waals surface area (Å²) in [4.78, 5) is 18.3. The second-order valence-corrected chi connectivity index (χ2v) is 5.66. The van der Waals surface area contributed by atoms with E-state index in [-0.39, 0.29) is 18.3 Å². The standard InChI is InChI=1S/C18H20N2O.ClH/c21-18(17-6-10-19-11-7-17)20-12-8-16(9-13-20)14-15-4-2-1-3-5-15;/h1-7,10-11,16H,8-9,12-14H2;1H. The summed E-state index contributed by atoms with van der Waals surface area (Å²) in [7, 11) is 0. The number of halogens is 1. The Morgan fingerprint density at radius 1 is 1.05 bits per heavy atom. The number of benzene rings is 1. The Morgan fingerprint density at radius 2 is 1.68 bits per heavy atom. The van der Waals surface area contributed by atoms with Crippen molar-refractivity contribution in [2.24, 2.45) is 5.92 Å². The molecule has 0 spiro atoms. The van der Waals surface area contributed by atoms with Gasteiger partial charge in [-0.3, -0.25) is 9.78 Å². The smallest absolute Gasteiger partial charge is 0.253 e. The van der Waals surface area contributed by atoms with E-state index in [0.717, 1.165) is 37.9 Å². The van der Waals surface area contributed by atoms with Gasteiger partial charge in [0.15, 0.2) is 0 Å². The summed E-state index contributed by atoms with van der Waals surface area (Å²) in [6.07, 6.45) is 6.65. The minimum Gasteiger partial charge on any atom is -0.339 e. The lowest BCUT2D eigenvalue weighted by Gasteiger charge is -2.32. The summed E-state index contributed by atoms with van der Waals surface area (Å²) in [6.45, 7) is 1.72. The van der Waals surface area contributed by atoms with Gasteiger partial charge in [0, 0.05) is 31.0 Å². The van der Waals surface area contributed by atoms with E-state index in [9.17, 15) is 4.79 Å². The molecule has 1 amide bonds. The molecule has 22 heavy (non-hydrogen) atoms. The molecule has 0 radical (unpaired) electrons. The number of aromatic nitrogens is 1. The van der Waals surface area contributed by atoms with Crippen molar-refractivity contribution in [3.05, 3.63) is 66.0 Å². The van der Waals surface area contributed by atoms with Gasteiger partial charge in [0.1, 0.15) is 0 Å². The van der Waals surface area contributed by atoms with Gasteiger partial charge in [-0.05, 0) is 42.9 Å². The molecule has 1 fully saturated rings. The highest BCUT2D eigenvalue weighted by molar-refractivity contribution is 5.94. The molecule has 0 N–H and O–H groups in total. The minimum absolute atomic E-state index is 0. The van der Waals surface area contributed by atoms with Crippen LogP contribution in [0.15, 0.2) is 54.9 Å². The first kappa shape index (κ1) is 16.5. The van der Waals surface area contributed by atoms with Crippen LogP contribution in [0.3, 0.4) is 0 Å². The largest absolute Gasteiger partial charge is 0.339 e. The third-order valence-electron chi connectivity index (χ3n) is 4.20. The van der Waals surface area contributed by atoms with E-state index in [1.165, 1.54) is 5.56 Å². The Hall–Kier alpha value is -1.87. The first-order valence-electron chi connectivity index (χ1n) is 7.56. The topological polar surface area (TPSA) is 33.2 Å². The van der Waals surface area contributed by atoms with Crippen molar-refractivity contribution < 1.29 is 4.79 Å². The molecular formula is C18H21ClN2O. The zero-order valence-electron chi connectivity index (χ0n) is 12.5. The van der Waals surface area contributed by atoms with E-state index in [1.54, 1.807) is 24.5 Å². The lowest BCUT2D eigenvalue weighted by Crippen LogP contribution is -2.38. The van der Waals surface area contributed by atoms with Crippen LogP contribution < -0.4 is 0 Å². The summed E-state index contributed by atoms with van der Waals surface area (Å²) in [5.41, 5.74) is 2.14. The molecule has 0 unspecified atom stereocenters. The number of piperidine rings is 1. The van der Waals surface area contributed by atoms with Gasteiger partial charge in [0.2, 0.25) is 0 Å². The highest BCUT2D eigenvalue weighted by Crippen LogP contribution is 2.22. The van der Waals surface area contributed by atoms with Crippen molar-refractivity contribution in [2.45, 2.75) is 19.3 Å². The summed E-state index contributed by atoms with van der Waals surface area (Å²) in [6, 6.07) is 14.2. The van der Waals surface area contributed by atoms with Crippen molar-refractivity contribution >= 4 is 18.3 Å². The van der Waals surface area contributed by atoms with Gasteiger partial charge >= 0.3 is 0 Å². The first-order valence-corrected chi connectivity index (χ1v) is 7.56. The molecule has 2 heterocycles. The summed E-state index contributed by atoms with van der Waals surface area (Å²) >= 11 is 0. The van der Waals surface area contributed by atoms with Crippen LogP contribution in [0.1, 0.15) is 28.8 Å². The van der Waals surface area contributed by atoms with Crippen LogP contribution in [-0.2, 0) is 6.42 Å². The maximum atomic E-state index is 12.4. The molecule has 0 saturated carbocycles. The Kier molecular flexibility index (Phi) is 5.96. The summed E-state index contributed by atoms with van der Waals surface area (Å²) in [5.74, 6) is 0.824. The molecule has 1 aliphatic rings. The summed E-state index contributed by atoms with van der Waals surface area (Å²) < 4.78 is 0. The van der Waals surface area contributed by atoms with E-state index in [1.807, 2.05) is 4.90 Å². The molecule has 1 aliphatic heterocycles. The molecule has 4 heteroatoms. The second-order valence-electron chi connectivity index (χ2n) is 5.66. The van der Waals surface area contributed by atoms with Gasteiger partial charge in [0.25, 0.3) is 5.91 Å². The van der Waals surface area contributed by atoms with E-state index in [2.05, 4.69) is 35.3 Å². The number of amides is 1. The number of carbonyl (C=O) groups excluding carboxylic acids is 1. The molecule has 3 rings (SSSR count). The van der Waals surface area contributed by atoms with Gasteiger partial charge in [-0.1, -0.05) is 30.3 Å². The molecule has 1 aromatic heterocycles. The van der Waals surface area contributed by atoms with Crippen LogP contribution in [0.25, 0.3) is 0 Å². The number of rotatable bonds is 3. The Morgan fingerprint density at radius 3 is 2.32 bits per heavy atom. The fraction of sp³-hybridized carbons (Fsp3) is 0.333. The van der Waals surface area contributed by atoms with Crippen LogP contribution in [0.4, 0.5) is 0 Å². The zero-order valence-corrected chi connectivity index (χ0v) is 13.3. The average Bonchev–Trinajstić information content (AvgIpc) is 2.57. The van der Waals surface area contributed by atoms with Crippen LogP contribution in [0, 0.1) is 5.92 Å². The van der Waals surface area contributed by atoms with Crippen molar-refractivity contribution in [3.63, 3.8) is 0 Å². The van der Waals surface area contributed by atoms with Gasteiger partial charge in [-0.15, -0.1) is 12.4 Å². The molecule has 0 aliphatic carbocycles. The lowest BCUT2D eigenvalue weighted by molar-refractivity contribution is 0.0690. The Labute approximate surface area is 137 Å². The second kappa shape index (κ2) is 7.95. The van der Waals surface area contributed by atoms with Gasteiger partial charge < -0.3 is 4.90 Å². The lowest BCUT2D eigenvalue weighted by atomic mass is 9.90. The number of nitrogens with zero attached hydrogens (tertiary/aromatic N) is 2. The molecule has 3 nitrogen and oxygen atoms in total. The Bertz CT molecular complexity index is 581. The molecule has 0 bridgehead atoms. The number of hydrogen-bond donors (Lipinski definition) is 0. The molecule has 2 aromatic rings. The first-order chi connectivity index (χ1) is 10.3. The van der Waals surface area contributed by atoms with E-state index < -0.39 is 0 Å². The Balaban J connectivity index is 0.00000176. The van der Waals surface area contributed by atoms with Crippen LogP contribution in [-0.4, -0.2) is 28.9 Å². The van der Waals surface area contributed by atoms with E-state index >= 15 is 0 Å². The molecule has 116 valence electrons. The quantitative estimate of drug-likeness (QED) is 0.867. The fourth-order valence-electron chi connectivity index (χ4n) is 2.96. The minimum atomic E-state index is 0. The SMILES string of the molecule is Cl.O=C(c1ccncc1)N1CCC(Cc2ccccc2)CC1. The normalized spacial score (nSPS) is 15.2. The number of carbonyl (C=O) groups is 1. The maximum Gasteiger partial charge on any atom is 0.253 e. The van der Waals surface area contributed by atoms with Gasteiger partial charge in [-0.25, -0.2) is 0 Å². The van der Waals surface area contributed by atoms with E-state index in [4.69, 9.17) is 0 Å². The molecular weight excluding hydrogens is 296 g/mol. The van der Waals surface area contributed by atoms with Crippen molar-refractivity contribution in [1.29, 1.82) is 0 Å². The van der Waals surface area contributed by atoms with Crippen LogP contribution in [0.5, 0.6) is 0 Å². The van der Waals surface area contributed by atoms with Crippen molar-refractivity contribution in [3.8, 4) is 0 Å². The van der Waals surface area contributed by atoms with Crippen molar-refractivity contribution in [2.75, 3.05) is 13.1 Å². The fourth-order valence-corrected chi connectivity index (χ4v) is 2.96. The molecule has 0 atom stereocenters. The number of hydrogen-bond acceptors (Lipinski definition) is 2. The average molecular weight is 317 g/mol. The zero-order chi connectivity index (χ0) is 14.5. The highest BCUT2D eigenvalue weighted by Gasteiger charge is 2.23. The highest BCUT2D eigenvalue weighted by atomic mass is 35.5.